The van der Waals surface area contributed by atoms with Gasteiger partial charge in [-0.15, -0.1) is 0 Å². The minimum Gasteiger partial charge on any atom is -0.492 e. The lowest BCUT2D eigenvalue weighted by Gasteiger charge is -2.14. The van der Waals surface area contributed by atoms with Crippen LogP contribution in [0.1, 0.15) is 18.4 Å². The molecule has 4 nitrogen and oxygen atoms in total. The molecule has 4 heteroatoms. The molecule has 0 saturated carbocycles. The molecule has 1 fully saturated rings. The second kappa shape index (κ2) is 4.45. The Balaban J connectivity index is 1.88. The van der Waals surface area contributed by atoms with Crippen molar-refractivity contribution in [2.45, 2.75) is 25.3 Å². The van der Waals surface area contributed by atoms with E-state index in [2.05, 4.69) is 11.4 Å². The number of methoxy groups -OCH3 is 1. The Bertz CT molecular complexity index is 413. The Kier molecular flexibility index (Phi) is 2.81. The normalized spacial score (nSPS) is 21.8. The Morgan fingerprint density at radius 3 is 3.12 bits per heavy atom. The van der Waals surface area contributed by atoms with Crippen LogP contribution in [0.4, 0.5) is 0 Å². The van der Waals surface area contributed by atoms with Gasteiger partial charge in [0.05, 0.1) is 7.11 Å². The second-order valence-corrected chi connectivity index (χ2v) is 4.49. The van der Waals surface area contributed by atoms with Gasteiger partial charge in [0.15, 0.2) is 11.5 Å². The van der Waals surface area contributed by atoms with Crippen LogP contribution >= 0.6 is 0 Å². The van der Waals surface area contributed by atoms with Gasteiger partial charge in [-0.2, -0.15) is 0 Å². The van der Waals surface area contributed by atoms with Gasteiger partial charge in [0, 0.05) is 6.04 Å². The van der Waals surface area contributed by atoms with Crippen molar-refractivity contribution in [3.8, 4) is 17.2 Å². The number of hydrogen-bond donors (Lipinski definition) is 1. The number of rotatable bonds is 3. The number of hydrogen-bond acceptors (Lipinski definition) is 4. The summed E-state index contributed by atoms with van der Waals surface area (Å²) in [5.74, 6) is 2.36. The minimum absolute atomic E-state index is 0.289. The van der Waals surface area contributed by atoms with E-state index in [-0.39, 0.29) is 6.79 Å². The quantitative estimate of drug-likeness (QED) is 0.866. The first kappa shape index (κ1) is 10.7. The molecule has 1 aromatic carbocycles. The molecule has 1 atom stereocenters. The lowest BCUT2D eigenvalue weighted by atomic mass is 10.0. The third-order valence-corrected chi connectivity index (χ3v) is 3.41. The summed E-state index contributed by atoms with van der Waals surface area (Å²) in [6, 6.07) is 4.60. The molecule has 0 spiro atoms. The zero-order chi connectivity index (χ0) is 11.7. The average Bonchev–Trinajstić information content (AvgIpc) is 2.98. The summed E-state index contributed by atoms with van der Waals surface area (Å²) in [5.41, 5.74) is 1.19. The Labute approximate surface area is 101 Å². The number of fused-ring (bicyclic) bond motifs is 1. The average molecular weight is 235 g/mol. The minimum atomic E-state index is 0.289. The van der Waals surface area contributed by atoms with Crippen molar-refractivity contribution in [2.24, 2.45) is 0 Å². The fourth-order valence-electron chi connectivity index (χ4n) is 2.57. The lowest BCUT2D eigenvalue weighted by Crippen LogP contribution is -2.23. The summed E-state index contributed by atoms with van der Waals surface area (Å²) >= 11 is 0. The fraction of sp³-hybridized carbons (Fsp3) is 0.538. The zero-order valence-corrected chi connectivity index (χ0v) is 9.99. The van der Waals surface area contributed by atoms with E-state index in [1.54, 1.807) is 7.11 Å². The zero-order valence-electron chi connectivity index (χ0n) is 9.99. The first-order valence-electron chi connectivity index (χ1n) is 6.07. The molecule has 0 aromatic heterocycles. The van der Waals surface area contributed by atoms with E-state index < -0.39 is 0 Å². The van der Waals surface area contributed by atoms with Crippen LogP contribution in [-0.2, 0) is 6.42 Å². The van der Waals surface area contributed by atoms with Gasteiger partial charge >= 0.3 is 0 Å². The van der Waals surface area contributed by atoms with Crippen molar-refractivity contribution >= 4 is 0 Å². The van der Waals surface area contributed by atoms with Crippen LogP contribution in [0.15, 0.2) is 12.1 Å². The van der Waals surface area contributed by atoms with Gasteiger partial charge in [0.25, 0.3) is 0 Å². The van der Waals surface area contributed by atoms with Crippen LogP contribution < -0.4 is 19.5 Å². The maximum absolute atomic E-state index is 5.47. The van der Waals surface area contributed by atoms with Crippen LogP contribution in [0, 0.1) is 0 Å². The Morgan fingerprint density at radius 1 is 1.41 bits per heavy atom. The Hall–Kier alpha value is -1.42. The molecule has 92 valence electrons. The Morgan fingerprint density at radius 2 is 2.35 bits per heavy atom. The molecule has 1 N–H and O–H groups in total. The van der Waals surface area contributed by atoms with Crippen LogP contribution in [0.5, 0.6) is 17.2 Å². The highest BCUT2D eigenvalue weighted by Gasteiger charge is 2.24. The number of benzene rings is 1. The highest BCUT2D eigenvalue weighted by molar-refractivity contribution is 5.57. The maximum Gasteiger partial charge on any atom is 0.231 e. The molecule has 0 aliphatic carbocycles. The molecule has 1 saturated heterocycles. The topological polar surface area (TPSA) is 39.7 Å². The number of ether oxygens (including phenoxy) is 3. The predicted octanol–water partition coefficient (Wildman–Crippen LogP) is 1.72. The first-order chi connectivity index (χ1) is 8.38. The van der Waals surface area contributed by atoms with E-state index >= 15 is 0 Å². The summed E-state index contributed by atoms with van der Waals surface area (Å²) in [4.78, 5) is 0. The van der Waals surface area contributed by atoms with Gasteiger partial charge in [-0.1, -0.05) is 6.07 Å². The molecular formula is C13H17NO3. The molecule has 0 amide bonds. The molecule has 2 aliphatic rings. The van der Waals surface area contributed by atoms with Gasteiger partial charge < -0.3 is 19.5 Å². The van der Waals surface area contributed by atoms with Crippen molar-refractivity contribution in [1.29, 1.82) is 0 Å². The molecule has 1 unspecified atom stereocenters. The summed E-state index contributed by atoms with van der Waals surface area (Å²) in [6.07, 6.45) is 3.48. The molecular weight excluding hydrogens is 218 g/mol. The highest BCUT2D eigenvalue weighted by atomic mass is 16.7. The van der Waals surface area contributed by atoms with Gasteiger partial charge in [0.2, 0.25) is 12.5 Å². The lowest BCUT2D eigenvalue weighted by molar-refractivity contribution is 0.171. The summed E-state index contributed by atoms with van der Waals surface area (Å²) in [5, 5.41) is 3.50. The molecule has 2 heterocycles. The molecule has 2 aliphatic heterocycles. The van der Waals surface area contributed by atoms with E-state index in [9.17, 15) is 0 Å². The summed E-state index contributed by atoms with van der Waals surface area (Å²) in [6.45, 7) is 1.41. The van der Waals surface area contributed by atoms with Gasteiger partial charge in [-0.25, -0.2) is 0 Å². The second-order valence-electron chi connectivity index (χ2n) is 4.49. The van der Waals surface area contributed by atoms with Crippen molar-refractivity contribution in [1.82, 2.24) is 5.32 Å². The molecule has 0 radical (unpaired) electrons. The van der Waals surface area contributed by atoms with Crippen LogP contribution in [0.3, 0.4) is 0 Å². The van der Waals surface area contributed by atoms with E-state index in [1.165, 1.54) is 18.4 Å². The smallest absolute Gasteiger partial charge is 0.231 e. The third kappa shape index (κ3) is 1.93. The SMILES string of the molecule is COc1c(CC2CCCN2)ccc2c1OCO2. The first-order valence-corrected chi connectivity index (χ1v) is 6.07. The highest BCUT2D eigenvalue weighted by Crippen LogP contribution is 2.43. The fourth-order valence-corrected chi connectivity index (χ4v) is 2.57. The van der Waals surface area contributed by atoms with Crippen LogP contribution in [0.25, 0.3) is 0 Å². The summed E-state index contributed by atoms with van der Waals surface area (Å²) < 4.78 is 16.3. The van der Waals surface area contributed by atoms with Gasteiger partial charge in [-0.3, -0.25) is 0 Å². The monoisotopic (exact) mass is 235 g/mol. The molecule has 17 heavy (non-hydrogen) atoms. The van der Waals surface area contributed by atoms with Crippen LogP contribution in [-0.4, -0.2) is 26.5 Å². The van der Waals surface area contributed by atoms with Crippen molar-refractivity contribution < 1.29 is 14.2 Å². The van der Waals surface area contributed by atoms with E-state index in [4.69, 9.17) is 14.2 Å². The van der Waals surface area contributed by atoms with Crippen molar-refractivity contribution in [2.75, 3.05) is 20.4 Å². The third-order valence-electron chi connectivity index (χ3n) is 3.41. The number of nitrogens with one attached hydrogen (secondary N) is 1. The van der Waals surface area contributed by atoms with E-state index in [0.29, 0.717) is 6.04 Å². The van der Waals surface area contributed by atoms with Crippen molar-refractivity contribution in [3.63, 3.8) is 0 Å². The molecule has 1 aromatic rings. The van der Waals surface area contributed by atoms with Gasteiger partial charge in [-0.05, 0) is 37.4 Å². The maximum atomic E-state index is 5.47. The standard InChI is InChI=1S/C13H17NO3/c1-15-12-9(7-10-3-2-6-14-10)4-5-11-13(12)17-8-16-11/h4-5,10,14H,2-3,6-8H2,1H3. The van der Waals surface area contributed by atoms with Crippen LogP contribution in [0.2, 0.25) is 0 Å². The molecule has 0 bridgehead atoms. The largest absolute Gasteiger partial charge is 0.492 e. The van der Waals surface area contributed by atoms with E-state index in [1.807, 2.05) is 6.07 Å². The van der Waals surface area contributed by atoms with E-state index in [0.717, 1.165) is 30.2 Å². The summed E-state index contributed by atoms with van der Waals surface area (Å²) in [7, 11) is 1.68. The molecule has 3 rings (SSSR count). The van der Waals surface area contributed by atoms with Crippen molar-refractivity contribution in [3.05, 3.63) is 17.7 Å². The van der Waals surface area contributed by atoms with Gasteiger partial charge in [0.1, 0.15) is 0 Å². The predicted molar refractivity (Wildman–Crippen MR) is 63.8 cm³/mol.